The van der Waals surface area contributed by atoms with Gasteiger partial charge in [-0.1, -0.05) is 57.0 Å². The van der Waals surface area contributed by atoms with Gasteiger partial charge in [-0.15, -0.1) is 0 Å². The van der Waals surface area contributed by atoms with Crippen LogP contribution in [0.25, 0.3) is 22.3 Å². The molecule has 0 bridgehead atoms. The second-order valence-corrected chi connectivity index (χ2v) is 9.27. The zero-order valence-electron chi connectivity index (χ0n) is 22.5. The first kappa shape index (κ1) is 28.7. The van der Waals surface area contributed by atoms with Crippen LogP contribution in [0.4, 0.5) is 13.2 Å². The third-order valence-electron chi connectivity index (χ3n) is 6.32. The predicted octanol–water partition coefficient (Wildman–Crippen LogP) is 9.01. The largest absolute Gasteiger partial charge is 0.494 e. The van der Waals surface area contributed by atoms with Gasteiger partial charge in [-0.3, -0.25) is 0 Å². The Balaban J connectivity index is 1.43. The average Bonchev–Trinajstić information content (AvgIpc) is 2.96. The minimum Gasteiger partial charge on any atom is -0.494 e. The van der Waals surface area contributed by atoms with E-state index in [0.717, 1.165) is 25.7 Å². The third kappa shape index (κ3) is 7.03. The highest BCUT2D eigenvalue weighted by Crippen LogP contribution is 2.30. The van der Waals surface area contributed by atoms with Crippen molar-refractivity contribution in [2.24, 2.45) is 0 Å². The Morgan fingerprint density at radius 1 is 0.625 bits per heavy atom. The van der Waals surface area contributed by atoms with Crippen LogP contribution in [0.3, 0.4) is 0 Å². The monoisotopic (exact) mass is 548 g/mol. The zero-order chi connectivity index (χ0) is 28.5. The number of carbonyl (C=O) groups excluding carboxylic acids is 1. The highest BCUT2D eigenvalue weighted by atomic mass is 19.2. The summed E-state index contributed by atoms with van der Waals surface area (Å²) >= 11 is 0. The summed E-state index contributed by atoms with van der Waals surface area (Å²) in [5, 5.41) is 0. The van der Waals surface area contributed by atoms with Gasteiger partial charge in [0.25, 0.3) is 0 Å². The molecule has 0 fully saturated rings. The predicted molar refractivity (Wildman–Crippen MR) is 149 cm³/mol. The molecule has 0 spiro atoms. The van der Waals surface area contributed by atoms with Crippen LogP contribution < -0.4 is 14.2 Å². The Labute approximate surface area is 232 Å². The molecule has 0 aliphatic rings. The lowest BCUT2D eigenvalue weighted by molar-refractivity contribution is 0.0728. The number of hydrogen-bond acceptors (Lipinski definition) is 4. The van der Waals surface area contributed by atoms with Gasteiger partial charge < -0.3 is 14.2 Å². The van der Waals surface area contributed by atoms with Gasteiger partial charge in [-0.25, -0.2) is 18.0 Å². The van der Waals surface area contributed by atoms with Crippen LogP contribution in [0.2, 0.25) is 0 Å². The van der Waals surface area contributed by atoms with Gasteiger partial charge in [0.05, 0.1) is 18.8 Å². The molecule has 208 valence electrons. The smallest absolute Gasteiger partial charge is 0.346 e. The number of ether oxygens (including phenoxy) is 3. The Morgan fingerprint density at radius 3 is 1.75 bits per heavy atom. The van der Waals surface area contributed by atoms with Crippen LogP contribution in [-0.4, -0.2) is 19.2 Å². The summed E-state index contributed by atoms with van der Waals surface area (Å²) in [5.74, 6) is -2.75. The number of rotatable bonds is 12. The molecule has 0 saturated heterocycles. The second kappa shape index (κ2) is 13.7. The molecule has 0 unspecified atom stereocenters. The van der Waals surface area contributed by atoms with E-state index in [2.05, 4.69) is 6.92 Å². The van der Waals surface area contributed by atoms with Crippen molar-refractivity contribution in [1.29, 1.82) is 0 Å². The SMILES string of the molecule is CCCCOc1ccc(-c2ccc(C(=O)Oc3ccc(-c4ccc(OCCCC)cc4F)cc3)c(F)c2F)cc1. The van der Waals surface area contributed by atoms with E-state index in [1.807, 2.05) is 6.92 Å². The van der Waals surface area contributed by atoms with Crippen molar-refractivity contribution < 1.29 is 32.2 Å². The maximum absolute atomic E-state index is 14.9. The molecule has 0 radical (unpaired) electrons. The summed E-state index contributed by atoms with van der Waals surface area (Å²) in [5.41, 5.74) is 0.838. The first-order valence-electron chi connectivity index (χ1n) is 13.4. The zero-order valence-corrected chi connectivity index (χ0v) is 22.5. The maximum atomic E-state index is 14.9. The van der Waals surface area contributed by atoms with Crippen LogP contribution >= 0.6 is 0 Å². The lowest BCUT2D eigenvalue weighted by Crippen LogP contribution is -2.12. The Hall–Kier alpha value is -4.26. The normalized spacial score (nSPS) is 10.8. The summed E-state index contributed by atoms with van der Waals surface area (Å²) in [6.07, 6.45) is 3.79. The van der Waals surface area contributed by atoms with Crippen molar-refractivity contribution in [3.8, 4) is 39.5 Å². The lowest BCUT2D eigenvalue weighted by Gasteiger charge is -2.11. The van der Waals surface area contributed by atoms with Crippen LogP contribution in [0.5, 0.6) is 17.2 Å². The van der Waals surface area contributed by atoms with Crippen LogP contribution in [0.15, 0.2) is 78.9 Å². The molecule has 7 heteroatoms. The molecule has 4 rings (SSSR count). The van der Waals surface area contributed by atoms with E-state index in [4.69, 9.17) is 14.2 Å². The van der Waals surface area contributed by atoms with E-state index in [1.165, 1.54) is 30.3 Å². The quantitative estimate of drug-likeness (QED) is 0.101. The van der Waals surface area contributed by atoms with Crippen molar-refractivity contribution >= 4 is 5.97 Å². The highest BCUT2D eigenvalue weighted by Gasteiger charge is 2.21. The fourth-order valence-corrected chi connectivity index (χ4v) is 4.01. The lowest BCUT2D eigenvalue weighted by atomic mass is 10.0. The van der Waals surface area contributed by atoms with E-state index in [0.29, 0.717) is 41.4 Å². The molecule has 0 N–H and O–H groups in total. The van der Waals surface area contributed by atoms with Gasteiger partial charge in [0, 0.05) is 17.2 Å². The van der Waals surface area contributed by atoms with E-state index in [1.54, 1.807) is 48.5 Å². The standard InChI is InChI=1S/C33H31F3O4/c1-3-5-19-38-24-11-7-23(8-12-24)28-17-18-29(32(36)31(28)35)33(37)40-25-13-9-22(10-14-25)27-16-15-26(21-30(27)34)39-20-6-4-2/h7-18,21H,3-6,19-20H2,1-2H3. The molecule has 0 aliphatic carbocycles. The fraction of sp³-hybridized carbons (Fsp3) is 0.242. The molecule has 40 heavy (non-hydrogen) atoms. The number of hydrogen-bond donors (Lipinski definition) is 0. The first-order chi connectivity index (χ1) is 19.4. The minimum absolute atomic E-state index is 0.0160. The average molecular weight is 549 g/mol. The van der Waals surface area contributed by atoms with Gasteiger partial charge in [-0.05, 0) is 66.4 Å². The molecular weight excluding hydrogens is 517 g/mol. The van der Waals surface area contributed by atoms with Gasteiger partial charge >= 0.3 is 5.97 Å². The molecular formula is C33H31F3O4. The minimum atomic E-state index is -1.30. The molecule has 4 nitrogen and oxygen atoms in total. The molecule has 4 aromatic carbocycles. The maximum Gasteiger partial charge on any atom is 0.346 e. The number of carbonyl (C=O) groups is 1. The molecule has 0 aromatic heterocycles. The fourth-order valence-electron chi connectivity index (χ4n) is 4.01. The first-order valence-corrected chi connectivity index (χ1v) is 13.4. The second-order valence-electron chi connectivity index (χ2n) is 9.27. The number of halogens is 3. The van der Waals surface area contributed by atoms with Crippen molar-refractivity contribution in [3.05, 3.63) is 102 Å². The summed E-state index contributed by atoms with van der Waals surface area (Å²) in [6, 6.07) is 19.9. The van der Waals surface area contributed by atoms with Gasteiger partial charge in [-0.2, -0.15) is 0 Å². The topological polar surface area (TPSA) is 44.8 Å². The van der Waals surface area contributed by atoms with Gasteiger partial charge in [0.1, 0.15) is 23.1 Å². The number of esters is 1. The van der Waals surface area contributed by atoms with E-state index in [9.17, 15) is 18.0 Å². The number of unbranched alkanes of at least 4 members (excludes halogenated alkanes) is 2. The molecule has 0 heterocycles. The molecule has 0 amide bonds. The van der Waals surface area contributed by atoms with Crippen molar-refractivity contribution in [2.45, 2.75) is 39.5 Å². The van der Waals surface area contributed by atoms with Gasteiger partial charge in [0.15, 0.2) is 11.6 Å². The molecule has 0 aliphatic heterocycles. The third-order valence-corrected chi connectivity index (χ3v) is 6.32. The van der Waals surface area contributed by atoms with Crippen LogP contribution in [-0.2, 0) is 0 Å². The van der Waals surface area contributed by atoms with E-state index < -0.39 is 29.0 Å². The van der Waals surface area contributed by atoms with Crippen molar-refractivity contribution in [3.63, 3.8) is 0 Å². The Bertz CT molecular complexity index is 1430. The number of benzene rings is 4. The summed E-state index contributed by atoms with van der Waals surface area (Å²) in [4.78, 5) is 12.6. The summed E-state index contributed by atoms with van der Waals surface area (Å²) < 4.78 is 60.9. The molecule has 0 saturated carbocycles. The Kier molecular flexibility index (Phi) is 9.84. The van der Waals surface area contributed by atoms with E-state index in [-0.39, 0.29) is 11.3 Å². The van der Waals surface area contributed by atoms with Crippen molar-refractivity contribution in [2.75, 3.05) is 13.2 Å². The summed E-state index contributed by atoms with van der Waals surface area (Å²) in [7, 11) is 0. The van der Waals surface area contributed by atoms with Crippen LogP contribution in [0.1, 0.15) is 49.9 Å². The Morgan fingerprint density at radius 2 is 1.15 bits per heavy atom. The van der Waals surface area contributed by atoms with Crippen LogP contribution in [0, 0.1) is 17.5 Å². The highest BCUT2D eigenvalue weighted by molar-refractivity contribution is 5.92. The van der Waals surface area contributed by atoms with Gasteiger partial charge in [0.2, 0.25) is 0 Å². The summed E-state index contributed by atoms with van der Waals surface area (Å²) in [6.45, 7) is 5.21. The van der Waals surface area contributed by atoms with Crippen molar-refractivity contribution in [1.82, 2.24) is 0 Å². The molecule has 0 atom stereocenters. The van der Waals surface area contributed by atoms with E-state index >= 15 is 0 Å². The molecule has 4 aromatic rings.